The van der Waals surface area contributed by atoms with E-state index in [1.807, 2.05) is 13.8 Å². The highest BCUT2D eigenvalue weighted by molar-refractivity contribution is 9.10. The maximum Gasteiger partial charge on any atom is 0.265 e. The van der Waals surface area contributed by atoms with Crippen molar-refractivity contribution < 1.29 is 14.6 Å². The number of thiophene rings is 1. The van der Waals surface area contributed by atoms with Crippen molar-refractivity contribution in [2.24, 2.45) is 0 Å². The third-order valence-electron chi connectivity index (χ3n) is 2.32. The van der Waals surface area contributed by atoms with Gasteiger partial charge in [-0.2, -0.15) is 0 Å². The summed E-state index contributed by atoms with van der Waals surface area (Å²) in [6, 6.07) is -0.0570. The molecule has 4 nitrogen and oxygen atoms in total. The SMILES string of the molecule is COc1c(C(=O)NC(C)CCO)sc(C)c1Br. The van der Waals surface area contributed by atoms with E-state index < -0.39 is 0 Å². The molecule has 1 aromatic heterocycles. The Bertz CT molecular complexity index is 406. The molecule has 0 aliphatic rings. The van der Waals surface area contributed by atoms with Crippen molar-refractivity contribution in [2.45, 2.75) is 26.3 Å². The number of ether oxygens (including phenoxy) is 1. The lowest BCUT2D eigenvalue weighted by Crippen LogP contribution is -2.32. The third-order valence-corrected chi connectivity index (χ3v) is 4.62. The van der Waals surface area contributed by atoms with Gasteiger partial charge in [-0.15, -0.1) is 11.3 Å². The number of rotatable bonds is 5. The summed E-state index contributed by atoms with van der Waals surface area (Å²) in [7, 11) is 1.54. The Morgan fingerprint density at radius 2 is 2.29 bits per heavy atom. The molecular weight excluding hydrogens is 306 g/mol. The van der Waals surface area contributed by atoms with Crippen LogP contribution in [-0.2, 0) is 0 Å². The fourth-order valence-corrected chi connectivity index (χ4v) is 3.04. The lowest BCUT2D eigenvalue weighted by atomic mass is 10.2. The molecule has 0 spiro atoms. The number of aryl methyl sites for hydroxylation is 1. The van der Waals surface area contributed by atoms with Crippen molar-refractivity contribution in [1.29, 1.82) is 0 Å². The molecule has 17 heavy (non-hydrogen) atoms. The van der Waals surface area contributed by atoms with Crippen molar-refractivity contribution in [3.63, 3.8) is 0 Å². The summed E-state index contributed by atoms with van der Waals surface area (Å²) in [6.07, 6.45) is 0.541. The Kier molecular flexibility index (Phi) is 5.42. The first-order chi connectivity index (χ1) is 8.01. The highest BCUT2D eigenvalue weighted by Gasteiger charge is 2.21. The van der Waals surface area contributed by atoms with Crippen molar-refractivity contribution in [3.05, 3.63) is 14.2 Å². The number of aliphatic hydroxyl groups excluding tert-OH is 1. The van der Waals surface area contributed by atoms with Crippen LogP contribution in [-0.4, -0.2) is 30.8 Å². The van der Waals surface area contributed by atoms with E-state index >= 15 is 0 Å². The predicted octanol–water partition coefficient (Wildman–Crippen LogP) is 2.33. The van der Waals surface area contributed by atoms with Crippen molar-refractivity contribution in [1.82, 2.24) is 5.32 Å². The monoisotopic (exact) mass is 321 g/mol. The number of methoxy groups -OCH3 is 1. The summed E-state index contributed by atoms with van der Waals surface area (Å²) in [4.78, 5) is 13.6. The highest BCUT2D eigenvalue weighted by Crippen LogP contribution is 2.38. The van der Waals surface area contributed by atoms with Crippen LogP contribution < -0.4 is 10.1 Å². The van der Waals surface area contributed by atoms with Gasteiger partial charge in [0.05, 0.1) is 11.6 Å². The van der Waals surface area contributed by atoms with E-state index in [9.17, 15) is 4.79 Å². The number of nitrogens with one attached hydrogen (secondary N) is 1. The molecule has 1 unspecified atom stereocenters. The first-order valence-corrected chi connectivity index (χ1v) is 6.86. The van der Waals surface area contributed by atoms with Crippen LogP contribution in [0.15, 0.2) is 4.47 Å². The number of aliphatic hydroxyl groups is 1. The predicted molar refractivity (Wildman–Crippen MR) is 71.9 cm³/mol. The molecule has 6 heteroatoms. The summed E-state index contributed by atoms with van der Waals surface area (Å²) in [5, 5.41) is 11.6. The number of amides is 1. The molecule has 0 radical (unpaired) electrons. The van der Waals surface area contributed by atoms with E-state index in [2.05, 4.69) is 21.2 Å². The number of carbonyl (C=O) groups is 1. The van der Waals surface area contributed by atoms with Gasteiger partial charge in [0.15, 0.2) is 5.75 Å². The zero-order valence-electron chi connectivity index (χ0n) is 10.0. The standard InChI is InChI=1S/C11H16BrNO3S/c1-6(4-5-14)13-11(15)10-9(16-3)8(12)7(2)17-10/h6,14H,4-5H2,1-3H3,(H,13,15). The average Bonchev–Trinajstić information content (AvgIpc) is 2.55. The second kappa shape index (κ2) is 6.37. The van der Waals surface area contributed by atoms with Crippen molar-refractivity contribution >= 4 is 33.2 Å². The van der Waals surface area contributed by atoms with Crippen LogP contribution in [0.1, 0.15) is 27.9 Å². The maximum atomic E-state index is 12.0. The van der Waals surface area contributed by atoms with Gasteiger partial charge < -0.3 is 15.2 Å². The van der Waals surface area contributed by atoms with Crippen molar-refractivity contribution in [3.8, 4) is 5.75 Å². The largest absolute Gasteiger partial charge is 0.494 e. The van der Waals surface area contributed by atoms with Crippen LogP contribution in [0.2, 0.25) is 0 Å². The Morgan fingerprint density at radius 3 is 2.82 bits per heavy atom. The maximum absolute atomic E-state index is 12.0. The van der Waals surface area contributed by atoms with E-state index in [1.54, 1.807) is 7.11 Å². The molecule has 0 aliphatic carbocycles. The quantitative estimate of drug-likeness (QED) is 0.875. The molecule has 1 heterocycles. The third kappa shape index (κ3) is 3.43. The van der Waals surface area contributed by atoms with E-state index in [4.69, 9.17) is 9.84 Å². The van der Waals surface area contributed by atoms with E-state index in [-0.39, 0.29) is 18.6 Å². The van der Waals surface area contributed by atoms with Gasteiger partial charge in [0.1, 0.15) is 4.88 Å². The molecule has 0 saturated carbocycles. The fraction of sp³-hybridized carbons (Fsp3) is 0.545. The molecule has 96 valence electrons. The zero-order valence-corrected chi connectivity index (χ0v) is 12.4. The molecule has 0 aliphatic heterocycles. The lowest BCUT2D eigenvalue weighted by Gasteiger charge is -2.12. The van der Waals surface area contributed by atoms with Crippen LogP contribution in [0.3, 0.4) is 0 Å². The minimum atomic E-state index is -0.165. The number of carbonyl (C=O) groups excluding carboxylic acids is 1. The van der Waals surface area contributed by atoms with Gasteiger partial charge in [-0.3, -0.25) is 4.79 Å². The van der Waals surface area contributed by atoms with Gasteiger partial charge >= 0.3 is 0 Å². The first-order valence-electron chi connectivity index (χ1n) is 5.25. The first kappa shape index (κ1) is 14.5. The zero-order chi connectivity index (χ0) is 13.0. The molecule has 0 bridgehead atoms. The van der Waals surface area contributed by atoms with Crippen LogP contribution in [0.5, 0.6) is 5.75 Å². The highest BCUT2D eigenvalue weighted by atomic mass is 79.9. The molecule has 0 aromatic carbocycles. The van der Waals surface area contributed by atoms with Gasteiger partial charge in [0, 0.05) is 17.5 Å². The topological polar surface area (TPSA) is 58.6 Å². The van der Waals surface area contributed by atoms with Gasteiger partial charge in [-0.05, 0) is 36.2 Å². The van der Waals surface area contributed by atoms with Gasteiger partial charge in [0.25, 0.3) is 5.91 Å². The Balaban J connectivity index is 2.85. The van der Waals surface area contributed by atoms with Gasteiger partial charge in [-0.25, -0.2) is 0 Å². The molecule has 1 aromatic rings. The number of hydrogen-bond donors (Lipinski definition) is 2. The van der Waals surface area contributed by atoms with Gasteiger partial charge in [0.2, 0.25) is 0 Å². The Labute approximate surface area is 113 Å². The lowest BCUT2D eigenvalue weighted by molar-refractivity contribution is 0.0935. The minimum Gasteiger partial charge on any atom is -0.494 e. The number of hydrogen-bond acceptors (Lipinski definition) is 4. The van der Waals surface area contributed by atoms with E-state index in [0.717, 1.165) is 9.35 Å². The molecular formula is C11H16BrNO3S. The minimum absolute atomic E-state index is 0.0570. The molecule has 1 rings (SSSR count). The van der Waals surface area contributed by atoms with Crippen LogP contribution in [0, 0.1) is 6.92 Å². The summed E-state index contributed by atoms with van der Waals surface area (Å²) in [5.41, 5.74) is 0. The Morgan fingerprint density at radius 1 is 1.65 bits per heavy atom. The average molecular weight is 322 g/mol. The second-order valence-electron chi connectivity index (χ2n) is 3.72. The van der Waals surface area contributed by atoms with E-state index in [0.29, 0.717) is 17.0 Å². The Hall–Kier alpha value is -0.590. The summed E-state index contributed by atoms with van der Waals surface area (Å²) < 4.78 is 6.04. The van der Waals surface area contributed by atoms with Crippen LogP contribution in [0.25, 0.3) is 0 Å². The fourth-order valence-electron chi connectivity index (χ4n) is 1.39. The van der Waals surface area contributed by atoms with Crippen LogP contribution in [0.4, 0.5) is 0 Å². The molecule has 0 saturated heterocycles. The molecule has 1 amide bonds. The molecule has 1 atom stereocenters. The normalized spacial score (nSPS) is 12.3. The van der Waals surface area contributed by atoms with E-state index in [1.165, 1.54) is 11.3 Å². The van der Waals surface area contributed by atoms with Crippen LogP contribution >= 0.6 is 27.3 Å². The summed E-state index contributed by atoms with van der Waals surface area (Å²) in [5.74, 6) is 0.405. The second-order valence-corrected chi connectivity index (χ2v) is 5.74. The van der Waals surface area contributed by atoms with Gasteiger partial charge in [-0.1, -0.05) is 0 Å². The summed E-state index contributed by atoms with van der Waals surface area (Å²) in [6.45, 7) is 3.84. The van der Waals surface area contributed by atoms with Crippen molar-refractivity contribution in [2.75, 3.05) is 13.7 Å². The summed E-state index contributed by atoms with van der Waals surface area (Å²) >= 11 is 4.78. The molecule has 2 N–H and O–H groups in total. The smallest absolute Gasteiger partial charge is 0.265 e. The number of halogens is 1. The molecule has 0 fully saturated rings.